The first kappa shape index (κ1) is 13.5. The minimum Gasteiger partial charge on any atom is -0.452 e. The molecule has 0 aromatic heterocycles. The topological polar surface area (TPSA) is 72.5 Å². The molecule has 94 valence electrons. The van der Waals surface area contributed by atoms with Crippen molar-refractivity contribution in [3.63, 3.8) is 0 Å². The second-order valence-electron chi connectivity index (χ2n) is 3.49. The van der Waals surface area contributed by atoms with Crippen molar-refractivity contribution in [3.05, 3.63) is 29.8 Å². The van der Waals surface area contributed by atoms with Gasteiger partial charge in [0, 0.05) is 0 Å². The Morgan fingerprint density at radius 1 is 1.29 bits per heavy atom. The van der Waals surface area contributed by atoms with Crippen LogP contribution in [0.3, 0.4) is 0 Å². The quantitative estimate of drug-likeness (QED) is 0.890. The van der Waals surface area contributed by atoms with Crippen LogP contribution < -0.4 is 4.72 Å². The van der Waals surface area contributed by atoms with Crippen molar-refractivity contribution in [1.82, 2.24) is 4.72 Å². The van der Waals surface area contributed by atoms with Crippen LogP contribution in [0.15, 0.2) is 29.2 Å². The molecular formula is C11H15NO4S. The molecule has 17 heavy (non-hydrogen) atoms. The van der Waals surface area contributed by atoms with E-state index in [1.54, 1.807) is 16.9 Å². The SMILES string of the molecule is CCCc1ccc(S(=O)(=O)NC(=O)OC)cc1. The Bertz CT molecular complexity index is 479. The number of methoxy groups -OCH3 is 1. The highest BCUT2D eigenvalue weighted by Gasteiger charge is 2.17. The zero-order valence-corrected chi connectivity index (χ0v) is 10.6. The molecule has 0 fully saturated rings. The zero-order valence-electron chi connectivity index (χ0n) is 9.76. The van der Waals surface area contributed by atoms with Crippen LogP contribution in [0.25, 0.3) is 0 Å². The standard InChI is InChI=1S/C11H15NO4S/c1-3-4-9-5-7-10(8-6-9)17(14,15)12-11(13)16-2/h5-8H,3-4H2,1-2H3,(H,12,13). The second kappa shape index (κ2) is 5.67. The summed E-state index contributed by atoms with van der Waals surface area (Å²) >= 11 is 0. The fourth-order valence-electron chi connectivity index (χ4n) is 1.33. The Hall–Kier alpha value is -1.56. The number of carbonyl (C=O) groups is 1. The molecular weight excluding hydrogens is 242 g/mol. The summed E-state index contributed by atoms with van der Waals surface area (Å²) in [6.07, 6.45) is 0.889. The summed E-state index contributed by atoms with van der Waals surface area (Å²) in [5, 5.41) is 0. The maximum Gasteiger partial charge on any atom is 0.420 e. The normalized spacial score (nSPS) is 10.9. The molecule has 0 heterocycles. The molecule has 0 unspecified atom stereocenters. The van der Waals surface area contributed by atoms with Gasteiger partial charge in [-0.05, 0) is 24.1 Å². The lowest BCUT2D eigenvalue weighted by Crippen LogP contribution is -2.30. The third-order valence-electron chi connectivity index (χ3n) is 2.18. The molecule has 6 heteroatoms. The Balaban J connectivity index is 2.88. The fraction of sp³-hybridized carbons (Fsp3) is 0.364. The summed E-state index contributed by atoms with van der Waals surface area (Å²) in [4.78, 5) is 10.9. The summed E-state index contributed by atoms with van der Waals surface area (Å²) < 4.78 is 29.3. The maximum absolute atomic E-state index is 11.7. The minimum atomic E-state index is -3.83. The van der Waals surface area contributed by atoms with E-state index in [2.05, 4.69) is 4.74 Å². The van der Waals surface area contributed by atoms with Crippen molar-refractivity contribution in [1.29, 1.82) is 0 Å². The van der Waals surface area contributed by atoms with Gasteiger partial charge < -0.3 is 4.74 Å². The fourth-order valence-corrected chi connectivity index (χ4v) is 2.25. The summed E-state index contributed by atoms with van der Waals surface area (Å²) in [6.45, 7) is 2.05. The lowest BCUT2D eigenvalue weighted by molar-refractivity contribution is 0.177. The number of rotatable bonds is 4. The number of hydrogen-bond acceptors (Lipinski definition) is 4. The number of nitrogens with one attached hydrogen (secondary N) is 1. The van der Waals surface area contributed by atoms with Gasteiger partial charge >= 0.3 is 6.09 Å². The number of hydrogen-bond donors (Lipinski definition) is 1. The van der Waals surface area contributed by atoms with E-state index in [1.807, 2.05) is 6.92 Å². The molecule has 1 amide bonds. The number of aryl methyl sites for hydroxylation is 1. The van der Waals surface area contributed by atoms with Gasteiger partial charge in [0.1, 0.15) is 0 Å². The average Bonchev–Trinajstić information content (AvgIpc) is 2.29. The summed E-state index contributed by atoms with van der Waals surface area (Å²) in [7, 11) is -2.72. The van der Waals surface area contributed by atoms with E-state index in [0.717, 1.165) is 25.5 Å². The molecule has 0 saturated heterocycles. The predicted octanol–water partition coefficient (Wildman–Crippen LogP) is 1.68. The molecule has 5 nitrogen and oxygen atoms in total. The van der Waals surface area contributed by atoms with Crippen LogP contribution >= 0.6 is 0 Å². The van der Waals surface area contributed by atoms with Gasteiger partial charge in [-0.2, -0.15) is 0 Å². The molecule has 0 spiro atoms. The Morgan fingerprint density at radius 2 is 1.88 bits per heavy atom. The largest absolute Gasteiger partial charge is 0.452 e. The molecule has 0 aliphatic carbocycles. The molecule has 1 rings (SSSR count). The van der Waals surface area contributed by atoms with Crippen molar-refractivity contribution >= 4 is 16.1 Å². The van der Waals surface area contributed by atoms with E-state index in [-0.39, 0.29) is 4.90 Å². The number of carbonyl (C=O) groups excluding carboxylic acids is 1. The molecule has 0 bridgehead atoms. The van der Waals surface area contributed by atoms with Gasteiger partial charge in [-0.15, -0.1) is 0 Å². The molecule has 1 aromatic rings. The lowest BCUT2D eigenvalue weighted by atomic mass is 10.1. The molecule has 1 aromatic carbocycles. The van der Waals surface area contributed by atoms with E-state index in [0.29, 0.717) is 0 Å². The smallest absolute Gasteiger partial charge is 0.420 e. The van der Waals surface area contributed by atoms with Gasteiger partial charge in [-0.3, -0.25) is 0 Å². The highest BCUT2D eigenvalue weighted by Crippen LogP contribution is 2.11. The van der Waals surface area contributed by atoms with Crippen molar-refractivity contribution in [2.45, 2.75) is 24.7 Å². The number of ether oxygens (including phenoxy) is 1. The second-order valence-corrected chi connectivity index (χ2v) is 5.17. The predicted molar refractivity (Wildman–Crippen MR) is 63.2 cm³/mol. The molecule has 0 atom stereocenters. The van der Waals surface area contributed by atoms with Crippen LogP contribution in [0, 0.1) is 0 Å². The van der Waals surface area contributed by atoms with Crippen LogP contribution in [-0.2, 0) is 21.2 Å². The highest BCUT2D eigenvalue weighted by molar-refractivity contribution is 7.90. The van der Waals surface area contributed by atoms with Crippen LogP contribution in [0.5, 0.6) is 0 Å². The van der Waals surface area contributed by atoms with Crippen molar-refractivity contribution in [2.75, 3.05) is 7.11 Å². The van der Waals surface area contributed by atoms with Gasteiger partial charge in [-0.25, -0.2) is 17.9 Å². The zero-order chi connectivity index (χ0) is 12.9. The number of benzene rings is 1. The van der Waals surface area contributed by atoms with Gasteiger partial charge in [-0.1, -0.05) is 25.5 Å². The number of amides is 1. The summed E-state index contributed by atoms with van der Waals surface area (Å²) in [5.74, 6) is 0. The van der Waals surface area contributed by atoms with E-state index in [4.69, 9.17) is 0 Å². The van der Waals surface area contributed by atoms with Gasteiger partial charge in [0.05, 0.1) is 12.0 Å². The Labute approximate surface area is 101 Å². The van der Waals surface area contributed by atoms with Gasteiger partial charge in [0.25, 0.3) is 10.0 Å². The minimum absolute atomic E-state index is 0.0442. The third kappa shape index (κ3) is 3.74. The molecule has 0 aliphatic heterocycles. The molecule has 0 saturated carbocycles. The Morgan fingerprint density at radius 3 is 2.35 bits per heavy atom. The Kier molecular flexibility index (Phi) is 4.51. The van der Waals surface area contributed by atoms with Crippen molar-refractivity contribution in [3.8, 4) is 0 Å². The summed E-state index contributed by atoms with van der Waals surface area (Å²) in [5.41, 5.74) is 1.06. The van der Waals surface area contributed by atoms with Crippen LogP contribution in [0.2, 0.25) is 0 Å². The first-order valence-corrected chi connectivity index (χ1v) is 6.67. The first-order chi connectivity index (χ1) is 7.99. The van der Waals surface area contributed by atoms with E-state index in [1.165, 1.54) is 12.1 Å². The lowest BCUT2D eigenvalue weighted by Gasteiger charge is -2.06. The number of sulfonamides is 1. The van der Waals surface area contributed by atoms with Crippen molar-refractivity contribution in [2.24, 2.45) is 0 Å². The van der Waals surface area contributed by atoms with Gasteiger partial charge in [0.2, 0.25) is 0 Å². The third-order valence-corrected chi connectivity index (χ3v) is 3.50. The van der Waals surface area contributed by atoms with Crippen molar-refractivity contribution < 1.29 is 17.9 Å². The molecule has 0 radical (unpaired) electrons. The van der Waals surface area contributed by atoms with E-state index < -0.39 is 16.1 Å². The maximum atomic E-state index is 11.7. The molecule has 0 aliphatic rings. The average molecular weight is 257 g/mol. The highest BCUT2D eigenvalue weighted by atomic mass is 32.2. The monoisotopic (exact) mass is 257 g/mol. The van der Waals surface area contributed by atoms with Crippen LogP contribution in [0.1, 0.15) is 18.9 Å². The van der Waals surface area contributed by atoms with Gasteiger partial charge in [0.15, 0.2) is 0 Å². The summed E-state index contributed by atoms with van der Waals surface area (Å²) in [6, 6.07) is 6.40. The van der Waals surface area contributed by atoms with Crippen LogP contribution in [-0.4, -0.2) is 21.6 Å². The van der Waals surface area contributed by atoms with E-state index in [9.17, 15) is 13.2 Å². The van der Waals surface area contributed by atoms with Crippen LogP contribution in [0.4, 0.5) is 4.79 Å². The van der Waals surface area contributed by atoms with E-state index >= 15 is 0 Å². The molecule has 1 N–H and O–H groups in total. The first-order valence-electron chi connectivity index (χ1n) is 5.19.